The first-order valence-corrected chi connectivity index (χ1v) is 6.09. The second-order valence-electron chi connectivity index (χ2n) is 4.61. The van der Waals surface area contributed by atoms with Crippen molar-refractivity contribution in [3.63, 3.8) is 0 Å². The van der Waals surface area contributed by atoms with Gasteiger partial charge in [0, 0.05) is 25.2 Å². The molecular formula is C13H18N2O4. The molecule has 104 valence electrons. The molecule has 1 aromatic heterocycles. The Labute approximate surface area is 111 Å². The summed E-state index contributed by atoms with van der Waals surface area (Å²) in [6.45, 7) is 3.68. The highest BCUT2D eigenvalue weighted by molar-refractivity contribution is 5.83. The largest absolute Gasteiger partial charge is 0.480 e. The van der Waals surface area contributed by atoms with Gasteiger partial charge < -0.3 is 15.0 Å². The Morgan fingerprint density at radius 2 is 2.05 bits per heavy atom. The summed E-state index contributed by atoms with van der Waals surface area (Å²) < 4.78 is 1.41. The summed E-state index contributed by atoms with van der Waals surface area (Å²) in [6.07, 6.45) is 1.66. The van der Waals surface area contributed by atoms with Gasteiger partial charge in [0.1, 0.15) is 6.04 Å². The van der Waals surface area contributed by atoms with Crippen LogP contribution in [0.4, 0.5) is 0 Å². The number of carboxylic acid groups (broad SMARTS) is 1. The van der Waals surface area contributed by atoms with Gasteiger partial charge in [0.2, 0.25) is 5.91 Å². The SMILES string of the molecule is CC(C)C(NC(=O)CCn1ccccc1=O)C(=O)O. The van der Waals surface area contributed by atoms with Crippen molar-refractivity contribution in [1.29, 1.82) is 0 Å². The number of rotatable bonds is 6. The number of nitrogens with one attached hydrogen (secondary N) is 1. The lowest BCUT2D eigenvalue weighted by molar-refractivity contribution is -0.143. The number of pyridine rings is 1. The Bertz CT molecular complexity index is 507. The van der Waals surface area contributed by atoms with Crippen LogP contribution in [-0.2, 0) is 16.1 Å². The quantitative estimate of drug-likeness (QED) is 0.783. The summed E-state index contributed by atoms with van der Waals surface area (Å²) in [5.74, 6) is -1.63. The first-order valence-electron chi connectivity index (χ1n) is 6.09. The highest BCUT2D eigenvalue weighted by Gasteiger charge is 2.22. The number of aliphatic carboxylic acids is 1. The number of hydrogen-bond donors (Lipinski definition) is 2. The summed E-state index contributed by atoms with van der Waals surface area (Å²) >= 11 is 0. The molecule has 0 bridgehead atoms. The van der Waals surface area contributed by atoms with E-state index in [0.717, 1.165) is 0 Å². The molecule has 19 heavy (non-hydrogen) atoms. The molecule has 1 atom stereocenters. The standard InChI is InChI=1S/C13H18N2O4/c1-9(2)12(13(18)19)14-10(16)6-8-15-7-4-3-5-11(15)17/h3-5,7,9,12H,6,8H2,1-2H3,(H,14,16)(H,18,19). The van der Waals surface area contributed by atoms with Gasteiger partial charge in [-0.3, -0.25) is 9.59 Å². The van der Waals surface area contributed by atoms with Crippen LogP contribution in [0.5, 0.6) is 0 Å². The third-order valence-corrected chi connectivity index (χ3v) is 2.73. The van der Waals surface area contributed by atoms with Crippen LogP contribution in [0.15, 0.2) is 29.2 Å². The van der Waals surface area contributed by atoms with Crippen molar-refractivity contribution in [1.82, 2.24) is 9.88 Å². The molecule has 0 saturated carbocycles. The Morgan fingerprint density at radius 1 is 1.37 bits per heavy atom. The average molecular weight is 266 g/mol. The average Bonchev–Trinajstić information content (AvgIpc) is 2.34. The first-order chi connectivity index (χ1) is 8.91. The third kappa shape index (κ3) is 4.57. The molecule has 0 aliphatic heterocycles. The number of amides is 1. The summed E-state index contributed by atoms with van der Waals surface area (Å²) in [4.78, 5) is 34.0. The van der Waals surface area contributed by atoms with Gasteiger partial charge in [-0.25, -0.2) is 4.79 Å². The maximum absolute atomic E-state index is 11.7. The monoisotopic (exact) mass is 266 g/mol. The minimum Gasteiger partial charge on any atom is -0.480 e. The van der Waals surface area contributed by atoms with E-state index in [1.807, 2.05) is 0 Å². The van der Waals surface area contributed by atoms with Crippen LogP contribution in [-0.4, -0.2) is 27.6 Å². The van der Waals surface area contributed by atoms with E-state index >= 15 is 0 Å². The van der Waals surface area contributed by atoms with Gasteiger partial charge in [-0.15, -0.1) is 0 Å². The van der Waals surface area contributed by atoms with Gasteiger partial charge >= 0.3 is 5.97 Å². The van der Waals surface area contributed by atoms with E-state index in [9.17, 15) is 14.4 Å². The van der Waals surface area contributed by atoms with Crippen LogP contribution in [0.3, 0.4) is 0 Å². The molecule has 2 N–H and O–H groups in total. The predicted octanol–water partition coefficient (Wildman–Crippen LogP) is 0.464. The fraction of sp³-hybridized carbons (Fsp3) is 0.462. The van der Waals surface area contributed by atoms with Gasteiger partial charge in [-0.1, -0.05) is 19.9 Å². The zero-order valence-electron chi connectivity index (χ0n) is 11.0. The van der Waals surface area contributed by atoms with E-state index in [1.165, 1.54) is 10.6 Å². The Hall–Kier alpha value is -2.11. The van der Waals surface area contributed by atoms with Crippen molar-refractivity contribution in [2.24, 2.45) is 5.92 Å². The van der Waals surface area contributed by atoms with Crippen LogP contribution < -0.4 is 10.9 Å². The maximum Gasteiger partial charge on any atom is 0.326 e. The molecule has 1 heterocycles. The number of carbonyl (C=O) groups is 2. The van der Waals surface area contributed by atoms with Gasteiger partial charge in [0.15, 0.2) is 0 Å². The molecule has 0 aliphatic rings. The lowest BCUT2D eigenvalue weighted by atomic mass is 10.0. The Morgan fingerprint density at radius 3 is 2.58 bits per heavy atom. The van der Waals surface area contributed by atoms with Crippen LogP contribution >= 0.6 is 0 Å². The van der Waals surface area contributed by atoms with Crippen LogP contribution in [0.1, 0.15) is 20.3 Å². The van der Waals surface area contributed by atoms with Crippen LogP contribution in [0, 0.1) is 5.92 Å². The van der Waals surface area contributed by atoms with Gasteiger partial charge in [0.05, 0.1) is 0 Å². The van der Waals surface area contributed by atoms with E-state index in [-0.39, 0.29) is 30.3 Å². The fourth-order valence-corrected chi connectivity index (χ4v) is 1.63. The molecule has 1 unspecified atom stereocenters. The fourth-order valence-electron chi connectivity index (χ4n) is 1.63. The molecule has 6 nitrogen and oxygen atoms in total. The molecule has 1 amide bonds. The second-order valence-corrected chi connectivity index (χ2v) is 4.61. The van der Waals surface area contributed by atoms with Gasteiger partial charge in [0.25, 0.3) is 5.56 Å². The number of hydrogen-bond acceptors (Lipinski definition) is 3. The number of carbonyl (C=O) groups excluding carboxylic acids is 1. The van der Waals surface area contributed by atoms with E-state index in [4.69, 9.17) is 5.11 Å². The molecule has 1 aromatic rings. The zero-order valence-corrected chi connectivity index (χ0v) is 11.0. The molecule has 0 aliphatic carbocycles. The topological polar surface area (TPSA) is 88.4 Å². The molecule has 0 aromatic carbocycles. The van der Waals surface area contributed by atoms with Crippen molar-refractivity contribution in [2.75, 3.05) is 0 Å². The van der Waals surface area contributed by atoms with Gasteiger partial charge in [-0.05, 0) is 12.0 Å². The predicted molar refractivity (Wildman–Crippen MR) is 69.7 cm³/mol. The van der Waals surface area contributed by atoms with E-state index in [1.54, 1.807) is 32.2 Å². The van der Waals surface area contributed by atoms with E-state index in [0.29, 0.717) is 0 Å². The lowest BCUT2D eigenvalue weighted by Crippen LogP contribution is -2.44. The Balaban J connectivity index is 2.55. The Kier molecular flexibility index (Phi) is 5.29. The summed E-state index contributed by atoms with van der Waals surface area (Å²) in [6, 6.07) is 3.83. The van der Waals surface area contributed by atoms with E-state index < -0.39 is 12.0 Å². The second kappa shape index (κ2) is 6.72. The summed E-state index contributed by atoms with van der Waals surface area (Å²) in [7, 11) is 0. The van der Waals surface area contributed by atoms with Crippen molar-refractivity contribution >= 4 is 11.9 Å². The molecule has 6 heteroatoms. The van der Waals surface area contributed by atoms with Crippen LogP contribution in [0.2, 0.25) is 0 Å². The number of aryl methyl sites for hydroxylation is 1. The molecule has 0 fully saturated rings. The van der Waals surface area contributed by atoms with Gasteiger partial charge in [-0.2, -0.15) is 0 Å². The van der Waals surface area contributed by atoms with Crippen molar-refractivity contribution in [2.45, 2.75) is 32.9 Å². The molecular weight excluding hydrogens is 248 g/mol. The highest BCUT2D eigenvalue weighted by atomic mass is 16.4. The highest BCUT2D eigenvalue weighted by Crippen LogP contribution is 2.02. The summed E-state index contributed by atoms with van der Waals surface area (Å²) in [5.41, 5.74) is -0.186. The maximum atomic E-state index is 11.7. The molecule has 1 rings (SSSR count). The minimum atomic E-state index is -1.06. The normalized spacial score (nSPS) is 12.2. The van der Waals surface area contributed by atoms with Crippen molar-refractivity contribution in [3.8, 4) is 0 Å². The first kappa shape index (κ1) is 14.9. The van der Waals surface area contributed by atoms with Crippen molar-refractivity contribution < 1.29 is 14.7 Å². The number of nitrogens with zero attached hydrogens (tertiary/aromatic N) is 1. The molecule has 0 radical (unpaired) electrons. The lowest BCUT2D eigenvalue weighted by Gasteiger charge is -2.17. The van der Waals surface area contributed by atoms with Crippen LogP contribution in [0.25, 0.3) is 0 Å². The molecule has 0 spiro atoms. The third-order valence-electron chi connectivity index (χ3n) is 2.73. The number of carboxylic acids is 1. The minimum absolute atomic E-state index is 0.0699. The smallest absolute Gasteiger partial charge is 0.326 e. The number of aromatic nitrogens is 1. The van der Waals surface area contributed by atoms with E-state index in [2.05, 4.69) is 5.32 Å². The zero-order chi connectivity index (χ0) is 14.4. The van der Waals surface area contributed by atoms with Crippen molar-refractivity contribution in [3.05, 3.63) is 34.7 Å². The summed E-state index contributed by atoms with van der Waals surface area (Å²) in [5, 5.41) is 11.4. The molecule has 0 saturated heterocycles.